The third-order valence-corrected chi connectivity index (χ3v) is 4.19. The van der Waals surface area contributed by atoms with Gasteiger partial charge in [0, 0.05) is 10.9 Å². The molecule has 3 rings (SSSR count). The molecule has 2 aromatic carbocycles. The van der Waals surface area contributed by atoms with E-state index in [0.717, 1.165) is 5.75 Å². The topological polar surface area (TPSA) is 26.3 Å². The van der Waals surface area contributed by atoms with Crippen molar-refractivity contribution in [3.63, 3.8) is 0 Å². The molecule has 3 heteroatoms. The van der Waals surface area contributed by atoms with Gasteiger partial charge in [-0.15, -0.1) is 0 Å². The van der Waals surface area contributed by atoms with Gasteiger partial charge in [-0.05, 0) is 18.3 Å². The molecule has 0 aromatic heterocycles. The van der Waals surface area contributed by atoms with Gasteiger partial charge in [0.2, 0.25) is 0 Å². The van der Waals surface area contributed by atoms with Crippen LogP contribution in [0.1, 0.15) is 0 Å². The van der Waals surface area contributed by atoms with Crippen molar-refractivity contribution in [2.24, 2.45) is 0 Å². The number of hydrogen-bond acceptors (Lipinski definition) is 2. The molecule has 0 aliphatic carbocycles. The molecule has 0 N–H and O–H groups in total. The number of hydrogen-bond donors (Lipinski definition) is 0. The summed E-state index contributed by atoms with van der Waals surface area (Å²) >= 11 is 0. The van der Waals surface area contributed by atoms with Gasteiger partial charge in [0.1, 0.15) is 20.7 Å². The molecule has 0 amide bonds. The van der Waals surface area contributed by atoms with Gasteiger partial charge < -0.3 is 9.32 Å². The molecule has 0 saturated heterocycles. The molecule has 1 heterocycles. The molecular formula is C14H13O2P. The third kappa shape index (κ3) is 2.09. The summed E-state index contributed by atoms with van der Waals surface area (Å²) < 4.78 is 5.92. The SMILES string of the molecule is C=O.CP1Oc2ccccc2-c2ccccc21. The molecule has 0 fully saturated rings. The van der Waals surface area contributed by atoms with Crippen molar-refractivity contribution < 1.29 is 9.32 Å². The lowest BCUT2D eigenvalue weighted by Crippen LogP contribution is -2.12. The third-order valence-electron chi connectivity index (χ3n) is 2.66. The van der Waals surface area contributed by atoms with Crippen molar-refractivity contribution in [3.05, 3.63) is 48.5 Å². The molecule has 1 aliphatic rings. The van der Waals surface area contributed by atoms with Crippen LogP contribution in [0.4, 0.5) is 0 Å². The molecule has 0 radical (unpaired) electrons. The van der Waals surface area contributed by atoms with E-state index in [1.807, 2.05) is 18.9 Å². The fraction of sp³-hybridized carbons (Fsp3) is 0.0714. The van der Waals surface area contributed by atoms with Crippen molar-refractivity contribution in [3.8, 4) is 16.9 Å². The van der Waals surface area contributed by atoms with Gasteiger partial charge in [-0.25, -0.2) is 0 Å². The van der Waals surface area contributed by atoms with Crippen molar-refractivity contribution in [2.75, 3.05) is 6.66 Å². The maximum atomic E-state index is 8.00. The lowest BCUT2D eigenvalue weighted by atomic mass is 10.0. The Bertz CT molecular complexity index is 525. The molecule has 2 aromatic rings. The predicted octanol–water partition coefficient (Wildman–Crippen LogP) is 3.21. The maximum Gasteiger partial charge on any atom is 0.131 e. The van der Waals surface area contributed by atoms with Gasteiger partial charge in [-0.3, -0.25) is 0 Å². The number of carbonyl (C=O) groups excluding carboxylic acids is 1. The largest absolute Gasteiger partial charge is 0.469 e. The molecule has 86 valence electrons. The normalized spacial score (nSPS) is 15.7. The van der Waals surface area contributed by atoms with E-state index in [2.05, 4.69) is 43.1 Å². The second-order valence-corrected chi connectivity index (χ2v) is 5.26. The molecule has 2 nitrogen and oxygen atoms in total. The smallest absolute Gasteiger partial charge is 0.131 e. The summed E-state index contributed by atoms with van der Waals surface area (Å²) in [6.45, 7) is 4.16. The van der Waals surface area contributed by atoms with Crippen LogP contribution in [0.2, 0.25) is 0 Å². The van der Waals surface area contributed by atoms with E-state index in [0.29, 0.717) is 0 Å². The van der Waals surface area contributed by atoms with Gasteiger partial charge in [-0.2, -0.15) is 0 Å². The minimum atomic E-state index is -0.494. The van der Waals surface area contributed by atoms with Crippen LogP contribution in [0.15, 0.2) is 48.5 Å². The summed E-state index contributed by atoms with van der Waals surface area (Å²) in [6, 6.07) is 16.8. The van der Waals surface area contributed by atoms with E-state index in [1.165, 1.54) is 16.4 Å². The summed E-state index contributed by atoms with van der Waals surface area (Å²) in [4.78, 5) is 8.00. The van der Waals surface area contributed by atoms with Gasteiger partial charge in [0.15, 0.2) is 0 Å². The van der Waals surface area contributed by atoms with Crippen LogP contribution in [0.3, 0.4) is 0 Å². The molecule has 0 spiro atoms. The van der Waals surface area contributed by atoms with Gasteiger partial charge in [0.25, 0.3) is 0 Å². The Morgan fingerprint density at radius 3 is 2.29 bits per heavy atom. The van der Waals surface area contributed by atoms with E-state index >= 15 is 0 Å². The highest BCUT2D eigenvalue weighted by molar-refractivity contribution is 7.61. The molecule has 0 bridgehead atoms. The zero-order valence-electron chi connectivity index (χ0n) is 9.59. The van der Waals surface area contributed by atoms with Crippen molar-refractivity contribution in [1.82, 2.24) is 0 Å². The van der Waals surface area contributed by atoms with Crippen LogP contribution in [-0.4, -0.2) is 13.5 Å². The maximum absolute atomic E-state index is 8.00. The van der Waals surface area contributed by atoms with Crippen molar-refractivity contribution in [1.29, 1.82) is 0 Å². The number of fused-ring (bicyclic) bond motifs is 3. The number of carbonyl (C=O) groups is 1. The van der Waals surface area contributed by atoms with Crippen LogP contribution in [-0.2, 0) is 4.79 Å². The highest BCUT2D eigenvalue weighted by Gasteiger charge is 2.21. The first-order chi connectivity index (χ1) is 8.36. The average Bonchev–Trinajstić information content (AvgIpc) is 2.42. The Morgan fingerprint density at radius 1 is 0.941 bits per heavy atom. The van der Waals surface area contributed by atoms with E-state index in [1.54, 1.807) is 0 Å². The Kier molecular flexibility index (Phi) is 3.55. The van der Waals surface area contributed by atoms with Gasteiger partial charge in [0.05, 0.1) is 0 Å². The van der Waals surface area contributed by atoms with E-state index in [4.69, 9.17) is 9.32 Å². The zero-order chi connectivity index (χ0) is 12.3. The van der Waals surface area contributed by atoms with Crippen molar-refractivity contribution >= 4 is 20.2 Å². The van der Waals surface area contributed by atoms with Gasteiger partial charge >= 0.3 is 0 Å². The lowest BCUT2D eigenvalue weighted by molar-refractivity contribution is -0.0979. The fourth-order valence-electron chi connectivity index (χ4n) is 1.94. The lowest BCUT2D eigenvalue weighted by Gasteiger charge is -2.25. The quantitative estimate of drug-likeness (QED) is 0.665. The predicted molar refractivity (Wildman–Crippen MR) is 72.1 cm³/mol. The second kappa shape index (κ2) is 5.11. The van der Waals surface area contributed by atoms with E-state index in [9.17, 15) is 0 Å². The monoisotopic (exact) mass is 244 g/mol. The first-order valence-corrected chi connectivity index (χ1v) is 6.96. The number of rotatable bonds is 0. The summed E-state index contributed by atoms with van der Waals surface area (Å²) in [7, 11) is -0.494. The Hall–Kier alpha value is -1.66. The summed E-state index contributed by atoms with van der Waals surface area (Å²) in [5.41, 5.74) is 2.54. The fourth-order valence-corrected chi connectivity index (χ4v) is 3.32. The minimum Gasteiger partial charge on any atom is -0.469 e. The first-order valence-electron chi connectivity index (χ1n) is 5.25. The average molecular weight is 244 g/mol. The van der Waals surface area contributed by atoms with Crippen molar-refractivity contribution in [2.45, 2.75) is 0 Å². The summed E-state index contributed by atoms with van der Waals surface area (Å²) in [5, 5.41) is 1.34. The van der Waals surface area contributed by atoms with Crippen LogP contribution >= 0.6 is 8.15 Å². The molecule has 17 heavy (non-hydrogen) atoms. The zero-order valence-corrected chi connectivity index (χ0v) is 10.5. The minimum absolute atomic E-state index is 0.494. The summed E-state index contributed by atoms with van der Waals surface area (Å²) in [5.74, 6) is 1.02. The molecule has 0 saturated carbocycles. The Morgan fingerprint density at radius 2 is 1.53 bits per heavy atom. The molecular weight excluding hydrogens is 231 g/mol. The standard InChI is InChI=1S/C13H11OP.CH2O/c1-15-13-9-5-3-7-11(13)10-6-2-4-8-12(10)14-15;1-2/h2-9H,1H3;1H2. The Balaban J connectivity index is 0.000000514. The van der Waals surface area contributed by atoms with Crippen LogP contribution in [0, 0.1) is 0 Å². The van der Waals surface area contributed by atoms with Crippen LogP contribution < -0.4 is 9.83 Å². The molecule has 1 atom stereocenters. The summed E-state index contributed by atoms with van der Waals surface area (Å²) in [6.07, 6.45) is 0. The number of benzene rings is 2. The van der Waals surface area contributed by atoms with Gasteiger partial charge in [-0.1, -0.05) is 42.5 Å². The van der Waals surface area contributed by atoms with Crippen LogP contribution in [0.5, 0.6) is 5.75 Å². The van der Waals surface area contributed by atoms with Crippen LogP contribution in [0.25, 0.3) is 11.1 Å². The molecule has 1 unspecified atom stereocenters. The highest BCUT2D eigenvalue weighted by atomic mass is 31.1. The number of para-hydroxylation sites is 1. The van der Waals surface area contributed by atoms with E-state index in [-0.39, 0.29) is 0 Å². The highest BCUT2D eigenvalue weighted by Crippen LogP contribution is 2.45. The Labute approximate surface area is 102 Å². The first kappa shape index (κ1) is 11.8. The van der Waals surface area contributed by atoms with E-state index < -0.39 is 8.15 Å². The second-order valence-electron chi connectivity index (χ2n) is 3.60. The molecule has 1 aliphatic heterocycles.